The van der Waals surface area contributed by atoms with Gasteiger partial charge in [0, 0.05) is 33.9 Å². The summed E-state index contributed by atoms with van der Waals surface area (Å²) in [5.74, 6) is 0.937. The summed E-state index contributed by atoms with van der Waals surface area (Å²) in [7, 11) is 0. The minimum Gasteiger partial charge on any atom is -0.311 e. The van der Waals surface area contributed by atoms with E-state index in [1.54, 1.807) is 0 Å². The van der Waals surface area contributed by atoms with Crippen molar-refractivity contribution in [3.8, 4) is 39.5 Å². The number of hydrogen-bond donors (Lipinski definition) is 0. The minimum atomic E-state index is -0.545. The van der Waals surface area contributed by atoms with Gasteiger partial charge in [0.05, 0.1) is 16.4 Å². The van der Waals surface area contributed by atoms with Gasteiger partial charge in [-0.1, -0.05) is 153 Å². The van der Waals surface area contributed by atoms with Crippen LogP contribution in [-0.2, 0) is 5.41 Å². The van der Waals surface area contributed by atoms with Crippen LogP contribution in [0.3, 0.4) is 0 Å². The number of anilines is 2. The van der Waals surface area contributed by atoms with Crippen molar-refractivity contribution in [1.29, 1.82) is 0 Å². The lowest BCUT2D eigenvalue weighted by molar-refractivity contribution is 0.774. The highest BCUT2D eigenvalue weighted by Gasteiger charge is 2.57. The lowest BCUT2D eigenvalue weighted by Crippen LogP contribution is -2.67. The maximum atomic E-state index is 5.53. The predicted octanol–water partition coefficient (Wildman–Crippen LogP) is 9.83. The maximum absolute atomic E-state index is 5.53. The molecule has 13 rings (SSSR count). The number of benzene rings is 7. The second kappa shape index (κ2) is 10.9. The van der Waals surface area contributed by atoms with Gasteiger partial charge in [-0.05, 0) is 86.2 Å². The van der Waals surface area contributed by atoms with Gasteiger partial charge < -0.3 is 4.90 Å². The molecule has 3 aliphatic heterocycles. The molecule has 0 fully saturated rings. The summed E-state index contributed by atoms with van der Waals surface area (Å²) in [6, 6.07) is 58.2. The monoisotopic (exact) mass is 724 g/mol. The summed E-state index contributed by atoms with van der Waals surface area (Å²) in [6.45, 7) is 8.48. The van der Waals surface area contributed by atoms with E-state index in [-0.39, 0.29) is 6.71 Å². The Hall–Kier alpha value is -7.37. The Kier molecular flexibility index (Phi) is 5.91. The van der Waals surface area contributed by atoms with Crippen LogP contribution in [0.1, 0.15) is 22.3 Å². The van der Waals surface area contributed by atoms with E-state index in [2.05, 4.69) is 191 Å². The van der Waals surface area contributed by atoms with Crippen LogP contribution in [0.2, 0.25) is 0 Å². The molecule has 0 atom stereocenters. The topological polar surface area (TPSA) is 25.5 Å². The van der Waals surface area contributed by atoms with Crippen molar-refractivity contribution in [2.75, 3.05) is 4.90 Å². The molecule has 5 heteroatoms. The second-order valence-corrected chi connectivity index (χ2v) is 15.5. The molecular formula is C52H33BN4. The third kappa shape index (κ3) is 3.55. The molecule has 9 aromatic rings. The zero-order valence-corrected chi connectivity index (χ0v) is 31.0. The number of allylic oxidation sites excluding steroid dienone is 3. The Balaban J connectivity index is 1.30. The molecule has 0 saturated heterocycles. The molecule has 57 heavy (non-hydrogen) atoms. The lowest BCUT2D eigenvalue weighted by Gasteiger charge is -2.49. The molecule has 0 amide bonds. The van der Waals surface area contributed by atoms with Gasteiger partial charge in [-0.2, -0.15) is 0 Å². The largest absolute Gasteiger partial charge is 0.311 e. The van der Waals surface area contributed by atoms with Crippen LogP contribution in [0, 0.1) is 0 Å². The molecule has 5 heterocycles. The Bertz CT molecular complexity index is 3250. The molecule has 1 aliphatic carbocycles. The summed E-state index contributed by atoms with van der Waals surface area (Å²) >= 11 is 0. The number of nitrogens with zero attached hydrogens (tertiary/aromatic N) is 4. The van der Waals surface area contributed by atoms with E-state index in [1.165, 1.54) is 66.7 Å². The smallest absolute Gasteiger partial charge is 0.253 e. The van der Waals surface area contributed by atoms with E-state index in [0.717, 1.165) is 45.2 Å². The number of aromatic nitrogens is 3. The van der Waals surface area contributed by atoms with Crippen LogP contribution >= 0.6 is 0 Å². The molecule has 0 bridgehead atoms. The first-order chi connectivity index (χ1) is 28.3. The summed E-state index contributed by atoms with van der Waals surface area (Å²) in [5, 5.41) is 0. The van der Waals surface area contributed by atoms with Gasteiger partial charge in [0.25, 0.3) is 6.71 Å². The maximum Gasteiger partial charge on any atom is 0.253 e. The van der Waals surface area contributed by atoms with E-state index in [0.29, 0.717) is 0 Å². The van der Waals surface area contributed by atoms with Crippen molar-refractivity contribution in [3.63, 3.8) is 0 Å². The summed E-state index contributed by atoms with van der Waals surface area (Å²) in [5.41, 5.74) is 22.5. The molecule has 0 N–H and O–H groups in total. The van der Waals surface area contributed by atoms with Crippen LogP contribution in [0.5, 0.6) is 0 Å². The molecule has 2 aromatic heterocycles. The van der Waals surface area contributed by atoms with Crippen molar-refractivity contribution < 1.29 is 0 Å². The van der Waals surface area contributed by atoms with Crippen LogP contribution in [0.15, 0.2) is 195 Å². The highest BCUT2D eigenvalue weighted by molar-refractivity contribution is 7.01. The van der Waals surface area contributed by atoms with Gasteiger partial charge in [-0.25, -0.2) is 4.98 Å². The summed E-state index contributed by atoms with van der Waals surface area (Å²) in [6.07, 6.45) is 5.91. The third-order valence-corrected chi connectivity index (χ3v) is 13.1. The molecule has 0 radical (unpaired) electrons. The third-order valence-electron chi connectivity index (χ3n) is 13.1. The van der Waals surface area contributed by atoms with E-state index in [4.69, 9.17) is 4.98 Å². The average Bonchev–Trinajstić information content (AvgIpc) is 3.92. The van der Waals surface area contributed by atoms with E-state index in [9.17, 15) is 0 Å². The molecule has 4 nitrogen and oxygen atoms in total. The second-order valence-electron chi connectivity index (χ2n) is 15.5. The van der Waals surface area contributed by atoms with Crippen LogP contribution in [0.25, 0.3) is 56.1 Å². The average molecular weight is 725 g/mol. The molecule has 1 spiro atoms. The van der Waals surface area contributed by atoms with Crippen molar-refractivity contribution in [3.05, 3.63) is 217 Å². The molecule has 0 saturated carbocycles. The first kappa shape index (κ1) is 30.9. The fraction of sp³-hybridized carbons (Fsp3) is 0.0192. The van der Waals surface area contributed by atoms with Crippen LogP contribution in [-0.4, -0.2) is 20.7 Å². The van der Waals surface area contributed by atoms with E-state index < -0.39 is 5.41 Å². The fourth-order valence-electron chi connectivity index (χ4n) is 11.1. The molecular weight excluding hydrogens is 691 g/mol. The Labute approximate surface area is 330 Å². The zero-order valence-electron chi connectivity index (χ0n) is 31.0. The lowest BCUT2D eigenvalue weighted by atomic mass is 9.28. The standard InChI is InChI=1S/C52H33BN4/c1-3-17-34(4-2)55-41-27-15-26-39-45(41)53-46-40(52(39)37-24-13-11-22-35(37)36-23-12-14-25-38(36)52)30-31-44-49(46)56(43-29-16-28-42(55)47(43)53)51-48(32-18-7-5-8-19-32)54-50(57(44)51)33-20-9-6-10-21-33/h3-31H,1-2H2/b34-17+. The Morgan fingerprint density at radius 1 is 0.561 bits per heavy atom. The Morgan fingerprint density at radius 2 is 1.16 bits per heavy atom. The minimum absolute atomic E-state index is 0.00175. The SMILES string of the molecule is C=C/C=C(\C=C)N1c2cccc3c2B2c4c1cccc4C1(c4ccccc4-c4ccccc41)c1ccc4c(c12)n-3c1c(-c2ccccc2)nc(-c2ccccc2)n41. The quantitative estimate of drug-likeness (QED) is 0.131. The van der Waals surface area contributed by atoms with Gasteiger partial charge in [0.1, 0.15) is 11.5 Å². The van der Waals surface area contributed by atoms with Crippen molar-refractivity contribution >= 4 is 51.2 Å². The number of imidazole rings is 2. The number of fused-ring (bicyclic) bond motifs is 11. The first-order valence-corrected chi connectivity index (χ1v) is 19.7. The number of hydrogen-bond acceptors (Lipinski definition) is 2. The van der Waals surface area contributed by atoms with Crippen LogP contribution < -0.4 is 21.3 Å². The fourth-order valence-corrected chi connectivity index (χ4v) is 11.1. The van der Waals surface area contributed by atoms with Gasteiger partial charge in [-0.15, -0.1) is 0 Å². The molecule has 264 valence electrons. The van der Waals surface area contributed by atoms with Gasteiger partial charge in [-0.3, -0.25) is 8.97 Å². The predicted molar refractivity (Wildman–Crippen MR) is 235 cm³/mol. The van der Waals surface area contributed by atoms with E-state index in [1.807, 2.05) is 12.2 Å². The van der Waals surface area contributed by atoms with Crippen molar-refractivity contribution in [2.24, 2.45) is 0 Å². The van der Waals surface area contributed by atoms with Crippen LogP contribution in [0.4, 0.5) is 11.4 Å². The van der Waals surface area contributed by atoms with Gasteiger partial charge in [0.2, 0.25) is 0 Å². The summed E-state index contributed by atoms with van der Waals surface area (Å²) in [4.78, 5) is 7.95. The van der Waals surface area contributed by atoms with E-state index >= 15 is 0 Å². The van der Waals surface area contributed by atoms with Gasteiger partial charge >= 0.3 is 0 Å². The molecule has 4 aliphatic rings. The highest BCUT2D eigenvalue weighted by atomic mass is 15.2. The van der Waals surface area contributed by atoms with Crippen molar-refractivity contribution in [1.82, 2.24) is 14.0 Å². The molecule has 7 aromatic carbocycles. The number of rotatable bonds is 5. The first-order valence-electron chi connectivity index (χ1n) is 19.7. The summed E-state index contributed by atoms with van der Waals surface area (Å²) < 4.78 is 4.98. The van der Waals surface area contributed by atoms with Gasteiger partial charge in [0.15, 0.2) is 5.65 Å². The van der Waals surface area contributed by atoms with Crippen molar-refractivity contribution in [2.45, 2.75) is 5.41 Å². The zero-order chi connectivity index (χ0) is 37.6. The normalized spacial score (nSPS) is 14.6. The molecule has 0 unspecified atom stereocenters. The highest BCUT2D eigenvalue weighted by Crippen LogP contribution is 2.58. The Morgan fingerprint density at radius 3 is 1.86 bits per heavy atom.